The van der Waals surface area contributed by atoms with E-state index in [0.717, 1.165) is 11.3 Å². The molecule has 0 aliphatic heterocycles. The molecule has 7 nitrogen and oxygen atoms in total. The average Bonchev–Trinajstić information content (AvgIpc) is 2.61. The first-order valence-corrected chi connectivity index (χ1v) is 9.01. The number of rotatable bonds is 7. The highest BCUT2D eigenvalue weighted by molar-refractivity contribution is 7.89. The molecule has 2 rings (SSSR count). The van der Waals surface area contributed by atoms with E-state index in [0.29, 0.717) is 0 Å². The minimum Gasteiger partial charge on any atom is -0.378 e. The van der Waals surface area contributed by atoms with E-state index in [2.05, 4.69) is 15.2 Å². The van der Waals surface area contributed by atoms with Crippen molar-refractivity contribution in [2.45, 2.75) is 4.90 Å². The number of carbonyl (C=O) groups excluding carboxylic acids is 1. The molecule has 0 atom stereocenters. The molecule has 8 heteroatoms. The molecule has 0 radical (unpaired) electrons. The lowest BCUT2D eigenvalue weighted by molar-refractivity contribution is -0.119. The topological polar surface area (TPSA) is 90.9 Å². The number of sulfonamides is 1. The minimum atomic E-state index is -3.71. The summed E-state index contributed by atoms with van der Waals surface area (Å²) in [6.45, 7) is -0.395. The normalized spacial score (nSPS) is 11.4. The molecule has 0 saturated carbocycles. The van der Waals surface area contributed by atoms with Crippen molar-refractivity contribution in [3.8, 4) is 0 Å². The molecule has 25 heavy (non-hydrogen) atoms. The third kappa shape index (κ3) is 5.70. The molecule has 1 amide bonds. The lowest BCUT2D eigenvalue weighted by Gasteiger charge is -2.11. The van der Waals surface area contributed by atoms with Crippen molar-refractivity contribution < 1.29 is 13.2 Å². The molecule has 2 aromatic rings. The summed E-state index contributed by atoms with van der Waals surface area (Å²) in [5.41, 5.74) is 4.15. The largest absolute Gasteiger partial charge is 0.378 e. The Kier molecular flexibility index (Phi) is 6.26. The zero-order valence-electron chi connectivity index (χ0n) is 14.0. The predicted octanol–water partition coefficient (Wildman–Crippen LogP) is 1.18. The summed E-state index contributed by atoms with van der Waals surface area (Å²) in [7, 11) is 0.176. The number of hydrazone groups is 1. The third-order valence-electron chi connectivity index (χ3n) is 3.29. The molecule has 2 aromatic carbocycles. The lowest BCUT2D eigenvalue weighted by atomic mass is 10.2. The Bertz CT molecular complexity index is 832. The third-order valence-corrected chi connectivity index (χ3v) is 4.71. The van der Waals surface area contributed by atoms with Gasteiger partial charge in [0.05, 0.1) is 17.7 Å². The first-order valence-electron chi connectivity index (χ1n) is 7.52. The van der Waals surface area contributed by atoms with Crippen LogP contribution in [0.3, 0.4) is 0 Å². The molecule has 2 N–H and O–H groups in total. The lowest BCUT2D eigenvalue weighted by Crippen LogP contribution is -2.34. The number of nitrogens with one attached hydrogen (secondary N) is 2. The zero-order valence-corrected chi connectivity index (χ0v) is 14.8. The van der Waals surface area contributed by atoms with Crippen LogP contribution in [0.15, 0.2) is 64.6 Å². The van der Waals surface area contributed by atoms with Gasteiger partial charge in [0.1, 0.15) is 0 Å². The van der Waals surface area contributed by atoms with Crippen LogP contribution in [0.25, 0.3) is 0 Å². The monoisotopic (exact) mass is 360 g/mol. The number of hydrogen-bond donors (Lipinski definition) is 2. The van der Waals surface area contributed by atoms with Gasteiger partial charge in [-0.1, -0.05) is 30.3 Å². The molecule has 0 aromatic heterocycles. The Labute approximate surface area is 147 Å². The fraction of sp³-hybridized carbons (Fsp3) is 0.176. The van der Waals surface area contributed by atoms with Gasteiger partial charge in [0.15, 0.2) is 0 Å². The summed E-state index contributed by atoms with van der Waals surface area (Å²) in [6, 6.07) is 15.4. The van der Waals surface area contributed by atoms with E-state index < -0.39 is 22.5 Å². The van der Waals surface area contributed by atoms with Crippen molar-refractivity contribution in [1.29, 1.82) is 0 Å². The van der Waals surface area contributed by atoms with Gasteiger partial charge in [0.25, 0.3) is 5.91 Å². The maximum absolute atomic E-state index is 12.0. The SMILES string of the molecule is CN(C)c1ccc(/C=N\NC(=O)CNS(=O)(=O)c2ccccc2)cc1. The van der Waals surface area contributed by atoms with Crippen LogP contribution in [0.2, 0.25) is 0 Å². The van der Waals surface area contributed by atoms with Gasteiger partial charge < -0.3 is 4.90 Å². The summed E-state index contributed by atoms with van der Waals surface area (Å²) < 4.78 is 26.2. The minimum absolute atomic E-state index is 0.104. The molecule has 0 heterocycles. The maximum atomic E-state index is 12.0. The Morgan fingerprint density at radius 3 is 2.32 bits per heavy atom. The predicted molar refractivity (Wildman–Crippen MR) is 98.1 cm³/mol. The Morgan fingerprint density at radius 1 is 1.08 bits per heavy atom. The van der Waals surface area contributed by atoms with E-state index in [-0.39, 0.29) is 4.90 Å². The second-order valence-corrected chi connectivity index (χ2v) is 7.18. The second kappa shape index (κ2) is 8.41. The van der Waals surface area contributed by atoms with Crippen LogP contribution >= 0.6 is 0 Å². The first kappa shape index (κ1) is 18.6. The first-order chi connectivity index (χ1) is 11.9. The fourth-order valence-corrected chi connectivity index (χ4v) is 2.92. The summed E-state index contributed by atoms with van der Waals surface area (Å²) >= 11 is 0. The zero-order chi connectivity index (χ0) is 18.3. The van der Waals surface area contributed by atoms with Crippen molar-refractivity contribution in [1.82, 2.24) is 10.1 Å². The van der Waals surface area contributed by atoms with E-state index in [1.165, 1.54) is 18.3 Å². The van der Waals surface area contributed by atoms with Crippen LogP contribution < -0.4 is 15.0 Å². The van der Waals surface area contributed by atoms with Gasteiger partial charge in [-0.25, -0.2) is 18.6 Å². The number of anilines is 1. The summed E-state index contributed by atoms with van der Waals surface area (Å²) in [6.07, 6.45) is 1.49. The number of carbonyl (C=O) groups is 1. The van der Waals surface area contributed by atoms with Crippen molar-refractivity contribution in [3.63, 3.8) is 0 Å². The summed E-state index contributed by atoms with van der Waals surface area (Å²) in [5, 5.41) is 3.82. The van der Waals surface area contributed by atoms with E-state index in [4.69, 9.17) is 0 Å². The molecule has 0 bridgehead atoms. The van der Waals surface area contributed by atoms with Crippen molar-refractivity contribution in [2.24, 2.45) is 5.10 Å². The van der Waals surface area contributed by atoms with Crippen LogP contribution in [-0.4, -0.2) is 41.2 Å². The molecule has 0 saturated heterocycles. The number of hydrogen-bond acceptors (Lipinski definition) is 5. The number of amides is 1. The molecular formula is C17H20N4O3S. The standard InChI is InChI=1S/C17H20N4O3S/c1-21(2)15-10-8-14(9-11-15)12-18-20-17(22)13-19-25(23,24)16-6-4-3-5-7-16/h3-12,19H,13H2,1-2H3,(H,20,22)/b18-12-. The van der Waals surface area contributed by atoms with Gasteiger partial charge in [-0.3, -0.25) is 4.79 Å². The molecule has 0 aliphatic carbocycles. The Balaban J connectivity index is 1.84. The van der Waals surface area contributed by atoms with Crippen LogP contribution in [0, 0.1) is 0 Å². The van der Waals surface area contributed by atoms with Crippen molar-refractivity contribution in [3.05, 3.63) is 60.2 Å². The van der Waals surface area contributed by atoms with Gasteiger partial charge in [-0.15, -0.1) is 0 Å². The Hall–Kier alpha value is -2.71. The quantitative estimate of drug-likeness (QED) is 0.573. The molecule has 132 valence electrons. The highest BCUT2D eigenvalue weighted by Gasteiger charge is 2.14. The van der Waals surface area contributed by atoms with Crippen LogP contribution in [0.5, 0.6) is 0 Å². The van der Waals surface area contributed by atoms with Crippen LogP contribution in [-0.2, 0) is 14.8 Å². The Morgan fingerprint density at radius 2 is 1.72 bits per heavy atom. The molecule has 0 spiro atoms. The van der Waals surface area contributed by atoms with E-state index in [1.54, 1.807) is 18.2 Å². The van der Waals surface area contributed by atoms with E-state index >= 15 is 0 Å². The van der Waals surface area contributed by atoms with Crippen molar-refractivity contribution in [2.75, 3.05) is 25.5 Å². The highest BCUT2D eigenvalue weighted by Crippen LogP contribution is 2.10. The van der Waals surface area contributed by atoms with Gasteiger partial charge >= 0.3 is 0 Å². The number of nitrogens with zero attached hydrogens (tertiary/aromatic N) is 2. The highest BCUT2D eigenvalue weighted by atomic mass is 32.2. The molecule has 0 unspecified atom stereocenters. The average molecular weight is 360 g/mol. The molecular weight excluding hydrogens is 340 g/mol. The van der Waals surface area contributed by atoms with Gasteiger partial charge in [-0.05, 0) is 29.8 Å². The maximum Gasteiger partial charge on any atom is 0.255 e. The summed E-state index contributed by atoms with van der Waals surface area (Å²) in [5.74, 6) is -0.555. The van der Waals surface area contributed by atoms with Crippen LogP contribution in [0.1, 0.15) is 5.56 Å². The van der Waals surface area contributed by atoms with Gasteiger partial charge in [-0.2, -0.15) is 5.10 Å². The van der Waals surface area contributed by atoms with Crippen molar-refractivity contribution >= 4 is 27.8 Å². The van der Waals surface area contributed by atoms with Gasteiger partial charge in [0, 0.05) is 19.8 Å². The van der Waals surface area contributed by atoms with Crippen LogP contribution in [0.4, 0.5) is 5.69 Å². The second-order valence-electron chi connectivity index (χ2n) is 5.42. The number of benzene rings is 2. The van der Waals surface area contributed by atoms with Gasteiger partial charge in [0.2, 0.25) is 10.0 Å². The fourth-order valence-electron chi connectivity index (χ4n) is 1.92. The van der Waals surface area contributed by atoms with E-state index in [9.17, 15) is 13.2 Å². The van der Waals surface area contributed by atoms with E-state index in [1.807, 2.05) is 43.3 Å². The molecule has 0 fully saturated rings. The molecule has 0 aliphatic rings. The smallest absolute Gasteiger partial charge is 0.255 e. The summed E-state index contributed by atoms with van der Waals surface area (Å²) in [4.78, 5) is 13.8.